The number of aliphatic hydroxyl groups excluding tert-OH is 1. The number of carbonyl (C=O) groups is 1. The van der Waals surface area contributed by atoms with Crippen LogP contribution in [-0.4, -0.2) is 35.0 Å². The molecule has 0 heterocycles. The highest BCUT2D eigenvalue weighted by Crippen LogP contribution is 1.90. The van der Waals surface area contributed by atoms with Gasteiger partial charge in [0.2, 0.25) is 0 Å². The van der Waals surface area contributed by atoms with Crippen molar-refractivity contribution in [1.82, 2.24) is 0 Å². The Labute approximate surface area is 59.4 Å². The summed E-state index contributed by atoms with van der Waals surface area (Å²) >= 11 is 0. The van der Waals surface area contributed by atoms with Gasteiger partial charge in [0.15, 0.2) is 6.10 Å². The fourth-order valence-electron chi connectivity index (χ4n) is 0.355. The molecule has 0 saturated carbocycles. The van der Waals surface area contributed by atoms with Crippen LogP contribution in [0.1, 0.15) is 13.8 Å². The van der Waals surface area contributed by atoms with Crippen molar-refractivity contribution in [3.8, 4) is 0 Å². The van der Waals surface area contributed by atoms with E-state index in [9.17, 15) is 4.79 Å². The molecule has 0 aromatic carbocycles. The average Bonchev–Trinajstić information content (AvgIpc) is 1.82. The van der Waals surface area contributed by atoms with Crippen molar-refractivity contribution >= 4 is 5.97 Å². The van der Waals surface area contributed by atoms with Gasteiger partial charge in [-0.3, -0.25) is 0 Å². The third-order valence-electron chi connectivity index (χ3n) is 0.872. The molecule has 4 nitrogen and oxygen atoms in total. The van der Waals surface area contributed by atoms with Crippen molar-refractivity contribution in [3.05, 3.63) is 0 Å². The van der Waals surface area contributed by atoms with Crippen molar-refractivity contribution in [2.24, 2.45) is 0 Å². The van der Waals surface area contributed by atoms with Crippen molar-refractivity contribution in [3.63, 3.8) is 0 Å². The van der Waals surface area contributed by atoms with Crippen LogP contribution in [0.3, 0.4) is 0 Å². The number of hydrogen-bond acceptors (Lipinski definition) is 3. The van der Waals surface area contributed by atoms with E-state index in [4.69, 9.17) is 14.9 Å². The Morgan fingerprint density at radius 2 is 2.10 bits per heavy atom. The zero-order chi connectivity index (χ0) is 8.15. The molecule has 0 radical (unpaired) electrons. The van der Waals surface area contributed by atoms with Gasteiger partial charge in [0.25, 0.3) is 0 Å². The van der Waals surface area contributed by atoms with Gasteiger partial charge in [-0.1, -0.05) is 0 Å². The maximum Gasteiger partial charge on any atom is 0.334 e. The molecule has 0 saturated heterocycles. The summed E-state index contributed by atoms with van der Waals surface area (Å²) in [5, 5.41) is 16.8. The fourth-order valence-corrected chi connectivity index (χ4v) is 0.355. The number of hydrogen-bond donors (Lipinski definition) is 2. The van der Waals surface area contributed by atoms with Crippen molar-refractivity contribution in [1.29, 1.82) is 0 Å². The molecule has 0 fully saturated rings. The summed E-state index contributed by atoms with van der Waals surface area (Å²) in [5.41, 5.74) is 0. The highest BCUT2D eigenvalue weighted by atomic mass is 16.5. The molecule has 4 heteroatoms. The molecule has 0 aliphatic rings. The molecule has 60 valence electrons. The Morgan fingerprint density at radius 1 is 1.60 bits per heavy atom. The molecule has 0 spiro atoms. The molecule has 0 unspecified atom stereocenters. The molecular formula is C6H12O4. The molecule has 0 aromatic rings. The first-order valence-electron chi connectivity index (χ1n) is 3.06. The molecule has 10 heavy (non-hydrogen) atoms. The summed E-state index contributed by atoms with van der Waals surface area (Å²) in [4.78, 5) is 9.98. The second-order valence-corrected chi connectivity index (χ2v) is 2.24. The normalized spacial score (nSPS) is 13.6. The lowest BCUT2D eigenvalue weighted by Gasteiger charge is -2.08. The molecule has 0 rings (SSSR count). The van der Waals surface area contributed by atoms with Gasteiger partial charge < -0.3 is 14.9 Å². The predicted octanol–water partition coefficient (Wildman–Crippen LogP) is -0.143. The van der Waals surface area contributed by atoms with Gasteiger partial charge >= 0.3 is 5.97 Å². The Kier molecular flexibility index (Phi) is 3.99. The van der Waals surface area contributed by atoms with E-state index in [1.807, 2.05) is 0 Å². The van der Waals surface area contributed by atoms with E-state index in [2.05, 4.69) is 0 Å². The van der Waals surface area contributed by atoms with E-state index in [1.54, 1.807) is 13.8 Å². The number of aliphatic hydroxyl groups is 1. The molecule has 0 bridgehead atoms. The number of aliphatic carboxylic acids is 1. The number of ether oxygens (including phenoxy) is 1. The van der Waals surface area contributed by atoms with Crippen LogP contribution in [0.15, 0.2) is 0 Å². The molecule has 0 amide bonds. The first kappa shape index (κ1) is 9.39. The number of carboxylic acids is 1. The van der Waals surface area contributed by atoms with Gasteiger partial charge in [-0.25, -0.2) is 4.79 Å². The lowest BCUT2D eigenvalue weighted by Crippen LogP contribution is -2.26. The smallest absolute Gasteiger partial charge is 0.334 e. The second-order valence-electron chi connectivity index (χ2n) is 2.24. The molecule has 0 aliphatic carbocycles. The van der Waals surface area contributed by atoms with Crippen LogP contribution >= 0.6 is 0 Å². The third kappa shape index (κ3) is 4.29. The van der Waals surface area contributed by atoms with Crippen LogP contribution in [0.25, 0.3) is 0 Å². The van der Waals surface area contributed by atoms with Crippen molar-refractivity contribution in [2.45, 2.75) is 26.1 Å². The highest BCUT2D eigenvalue weighted by Gasteiger charge is 2.12. The summed E-state index contributed by atoms with van der Waals surface area (Å²) in [5.74, 6) is -1.25. The lowest BCUT2D eigenvalue weighted by atomic mass is 10.4. The van der Waals surface area contributed by atoms with Crippen molar-refractivity contribution < 1.29 is 19.7 Å². The number of carboxylic acid groups (broad SMARTS) is 1. The Bertz CT molecular complexity index is 110. The largest absolute Gasteiger partial charge is 0.479 e. The predicted molar refractivity (Wildman–Crippen MR) is 34.7 cm³/mol. The van der Waals surface area contributed by atoms with Crippen LogP contribution in [0, 0.1) is 0 Å². The van der Waals surface area contributed by atoms with E-state index in [0.29, 0.717) is 0 Å². The third-order valence-corrected chi connectivity index (χ3v) is 0.872. The van der Waals surface area contributed by atoms with Crippen molar-refractivity contribution in [2.75, 3.05) is 6.61 Å². The van der Waals surface area contributed by atoms with E-state index < -0.39 is 12.1 Å². The minimum absolute atomic E-state index is 0.0472. The number of rotatable bonds is 4. The zero-order valence-corrected chi connectivity index (χ0v) is 6.07. The maximum atomic E-state index is 9.98. The van der Waals surface area contributed by atoms with Crippen LogP contribution in [0.2, 0.25) is 0 Å². The van der Waals surface area contributed by atoms with Crippen LogP contribution < -0.4 is 0 Å². The summed E-state index contributed by atoms with van der Waals surface area (Å²) in [7, 11) is 0. The van der Waals surface area contributed by atoms with E-state index in [-0.39, 0.29) is 12.7 Å². The van der Waals surface area contributed by atoms with Crippen LogP contribution in [0.4, 0.5) is 0 Å². The Hall–Kier alpha value is -0.610. The first-order valence-corrected chi connectivity index (χ1v) is 3.06. The van der Waals surface area contributed by atoms with E-state index in [1.165, 1.54) is 0 Å². The maximum absolute atomic E-state index is 9.98. The first-order chi connectivity index (χ1) is 4.54. The molecule has 2 N–H and O–H groups in total. The van der Waals surface area contributed by atoms with Crippen LogP contribution in [0.5, 0.6) is 0 Å². The molecular weight excluding hydrogens is 136 g/mol. The van der Waals surface area contributed by atoms with Gasteiger partial charge in [0.05, 0.1) is 12.7 Å². The average molecular weight is 148 g/mol. The minimum Gasteiger partial charge on any atom is -0.479 e. The van der Waals surface area contributed by atoms with Gasteiger partial charge in [0, 0.05) is 0 Å². The summed E-state index contributed by atoms with van der Waals surface area (Å²) in [6.07, 6.45) is -1.45. The van der Waals surface area contributed by atoms with Gasteiger partial charge in [-0.2, -0.15) is 0 Å². The molecule has 1 atom stereocenters. The molecule has 0 aliphatic heterocycles. The SMILES string of the molecule is CC(C)OC[C@H](O)C(=O)O. The fraction of sp³-hybridized carbons (Fsp3) is 0.833. The van der Waals surface area contributed by atoms with Gasteiger partial charge in [-0.05, 0) is 13.8 Å². The van der Waals surface area contributed by atoms with Gasteiger partial charge in [0.1, 0.15) is 0 Å². The Balaban J connectivity index is 3.40. The summed E-state index contributed by atoms with van der Waals surface area (Å²) in [6.45, 7) is 3.40. The topological polar surface area (TPSA) is 66.8 Å². The highest BCUT2D eigenvalue weighted by molar-refractivity contribution is 5.71. The standard InChI is InChI=1S/C6H12O4/c1-4(2)10-3-5(7)6(8)9/h4-5,7H,3H2,1-2H3,(H,8,9)/t5-/m0/s1. The van der Waals surface area contributed by atoms with E-state index in [0.717, 1.165) is 0 Å². The minimum atomic E-state index is -1.40. The second kappa shape index (κ2) is 4.24. The monoisotopic (exact) mass is 148 g/mol. The van der Waals surface area contributed by atoms with Gasteiger partial charge in [-0.15, -0.1) is 0 Å². The van der Waals surface area contributed by atoms with E-state index >= 15 is 0 Å². The summed E-state index contributed by atoms with van der Waals surface area (Å²) < 4.78 is 4.83. The lowest BCUT2D eigenvalue weighted by molar-refractivity contribution is -0.150. The quantitative estimate of drug-likeness (QED) is 0.582. The molecule has 0 aromatic heterocycles. The summed E-state index contributed by atoms with van der Waals surface area (Å²) in [6, 6.07) is 0. The van der Waals surface area contributed by atoms with Crippen LogP contribution in [-0.2, 0) is 9.53 Å². The zero-order valence-electron chi connectivity index (χ0n) is 6.07. The Morgan fingerprint density at radius 3 is 2.40 bits per heavy atom.